The molecule has 0 unspecified atom stereocenters. The van der Waals surface area contributed by atoms with Gasteiger partial charge in [0.25, 0.3) is 0 Å². The molecule has 0 aliphatic carbocycles. The number of nitrogens with two attached hydrogens (primary N) is 1. The highest BCUT2D eigenvalue weighted by Crippen LogP contribution is 2.41. The largest absolute Gasteiger partial charge is 0.496 e. The zero-order valence-corrected chi connectivity index (χ0v) is 19.1. The van der Waals surface area contributed by atoms with Crippen LogP contribution in [0.3, 0.4) is 0 Å². The minimum atomic E-state index is 0.278. The molecular formula is C24H26ClN5O3. The molecule has 4 aromatic rings. The number of aromatic amines is 1. The summed E-state index contributed by atoms with van der Waals surface area (Å²) in [5.74, 6) is 1.86. The van der Waals surface area contributed by atoms with Crippen molar-refractivity contribution >= 4 is 28.4 Å². The summed E-state index contributed by atoms with van der Waals surface area (Å²) >= 11 is 6.35. The molecule has 3 aromatic heterocycles. The predicted octanol–water partition coefficient (Wildman–Crippen LogP) is 4.55. The van der Waals surface area contributed by atoms with Crippen molar-refractivity contribution in [2.75, 3.05) is 32.5 Å². The lowest BCUT2D eigenvalue weighted by atomic mass is 9.90. The smallest absolute Gasteiger partial charge is 0.205 e. The van der Waals surface area contributed by atoms with Crippen molar-refractivity contribution < 1.29 is 13.9 Å². The van der Waals surface area contributed by atoms with Crippen LogP contribution >= 0.6 is 11.6 Å². The van der Waals surface area contributed by atoms with E-state index in [1.165, 1.54) is 0 Å². The van der Waals surface area contributed by atoms with Crippen molar-refractivity contribution in [1.29, 1.82) is 0 Å². The van der Waals surface area contributed by atoms with Crippen molar-refractivity contribution in [3.63, 3.8) is 0 Å². The van der Waals surface area contributed by atoms with Gasteiger partial charge < -0.3 is 24.9 Å². The second kappa shape index (κ2) is 9.33. The lowest BCUT2D eigenvalue weighted by Gasteiger charge is -2.22. The Bertz CT molecular complexity index is 1260. The van der Waals surface area contributed by atoms with E-state index in [1.54, 1.807) is 19.6 Å². The zero-order chi connectivity index (χ0) is 22.8. The number of fused-ring (bicyclic) bond motifs is 1. The van der Waals surface area contributed by atoms with Crippen LogP contribution in [0.1, 0.15) is 30.0 Å². The molecule has 4 N–H and O–H groups in total. The van der Waals surface area contributed by atoms with E-state index in [2.05, 4.69) is 20.5 Å². The van der Waals surface area contributed by atoms with Crippen LogP contribution in [0, 0.1) is 0 Å². The molecule has 0 atom stereocenters. The lowest BCUT2D eigenvalue weighted by molar-refractivity contribution is 0.318. The van der Waals surface area contributed by atoms with E-state index in [1.807, 2.05) is 24.4 Å². The Hall–Kier alpha value is -3.23. The molecule has 172 valence electrons. The first-order chi connectivity index (χ1) is 16.2. The van der Waals surface area contributed by atoms with Crippen LogP contribution in [0.15, 0.2) is 41.3 Å². The average Bonchev–Trinajstić information content (AvgIpc) is 3.49. The number of hydrogen-bond donors (Lipinski definition) is 3. The molecular weight excluding hydrogens is 442 g/mol. The number of H-pyrrole nitrogens is 1. The Morgan fingerprint density at radius 2 is 2.06 bits per heavy atom. The Morgan fingerprint density at radius 3 is 2.88 bits per heavy atom. The van der Waals surface area contributed by atoms with Crippen LogP contribution in [-0.2, 0) is 6.42 Å². The topological polar surface area (TPSA) is 111 Å². The average molecular weight is 468 g/mol. The maximum Gasteiger partial charge on any atom is 0.205 e. The number of nitrogens with one attached hydrogen (secondary N) is 2. The molecule has 33 heavy (non-hydrogen) atoms. The molecule has 0 bridgehead atoms. The minimum Gasteiger partial charge on any atom is -0.496 e. The van der Waals surface area contributed by atoms with Gasteiger partial charge in [-0.1, -0.05) is 17.7 Å². The molecule has 4 heterocycles. The van der Waals surface area contributed by atoms with E-state index >= 15 is 0 Å². The summed E-state index contributed by atoms with van der Waals surface area (Å²) in [7, 11) is 1.62. The summed E-state index contributed by atoms with van der Waals surface area (Å²) < 4.78 is 17.4. The Labute approximate surface area is 196 Å². The number of nitrogens with zero attached hydrogens (tertiary/aromatic N) is 2. The Balaban J connectivity index is 1.42. The standard InChI is InChI=1S/C24H26ClN5O3/c1-31-20-4-2-3-19(25)15(20)7-10-32-23-22-17(11-28-24(23)26)18(13-33-22)16-12-29-30-21(16)14-5-8-27-9-6-14/h2-4,11-14,27H,5-10H2,1H3,(H2,26,28)(H,29,30). The first-order valence-corrected chi connectivity index (χ1v) is 11.4. The lowest BCUT2D eigenvalue weighted by Crippen LogP contribution is -2.27. The van der Waals surface area contributed by atoms with E-state index < -0.39 is 0 Å². The third kappa shape index (κ3) is 4.12. The van der Waals surface area contributed by atoms with Crippen molar-refractivity contribution in [2.45, 2.75) is 25.2 Å². The van der Waals surface area contributed by atoms with E-state index in [0.717, 1.165) is 59.5 Å². The molecule has 0 radical (unpaired) electrons. The number of furan rings is 1. The van der Waals surface area contributed by atoms with Gasteiger partial charge >= 0.3 is 0 Å². The fraction of sp³-hybridized carbons (Fsp3) is 0.333. The van der Waals surface area contributed by atoms with E-state index in [4.69, 9.17) is 31.2 Å². The molecule has 9 heteroatoms. The summed E-state index contributed by atoms with van der Waals surface area (Å²) in [5.41, 5.74) is 10.7. The van der Waals surface area contributed by atoms with E-state index in [9.17, 15) is 0 Å². The van der Waals surface area contributed by atoms with E-state index in [-0.39, 0.29) is 5.82 Å². The summed E-state index contributed by atoms with van der Waals surface area (Å²) in [6.45, 7) is 2.34. The molecule has 0 spiro atoms. The van der Waals surface area contributed by atoms with Gasteiger partial charge in [0, 0.05) is 45.9 Å². The van der Waals surface area contributed by atoms with Crippen LogP contribution in [0.25, 0.3) is 22.1 Å². The quantitative estimate of drug-likeness (QED) is 0.365. The van der Waals surface area contributed by atoms with Crippen molar-refractivity contribution in [3.8, 4) is 22.6 Å². The van der Waals surface area contributed by atoms with Gasteiger partial charge in [-0.25, -0.2) is 4.98 Å². The molecule has 1 fully saturated rings. The fourth-order valence-electron chi connectivity index (χ4n) is 4.49. The zero-order valence-electron chi connectivity index (χ0n) is 18.4. The van der Waals surface area contributed by atoms with Gasteiger partial charge in [-0.15, -0.1) is 0 Å². The number of methoxy groups -OCH3 is 1. The highest BCUT2D eigenvalue weighted by Gasteiger charge is 2.24. The van der Waals surface area contributed by atoms with Gasteiger partial charge in [0.1, 0.15) is 12.0 Å². The van der Waals surface area contributed by atoms with Crippen LogP contribution in [0.5, 0.6) is 11.5 Å². The fourth-order valence-corrected chi connectivity index (χ4v) is 4.75. The Kier molecular flexibility index (Phi) is 6.11. The summed E-state index contributed by atoms with van der Waals surface area (Å²) in [6.07, 6.45) is 7.99. The molecule has 8 nitrogen and oxygen atoms in total. The maximum absolute atomic E-state index is 6.35. The SMILES string of the molecule is COc1cccc(Cl)c1CCOc1c(N)ncc2c(-c3cn[nH]c3C3CCNCC3)coc12. The monoisotopic (exact) mass is 467 g/mol. The van der Waals surface area contributed by atoms with E-state index in [0.29, 0.717) is 35.3 Å². The van der Waals surface area contributed by atoms with Crippen LogP contribution < -0.4 is 20.5 Å². The van der Waals surface area contributed by atoms with Gasteiger partial charge in [-0.05, 0) is 38.1 Å². The number of benzene rings is 1. The number of aromatic nitrogens is 3. The number of halogens is 1. The third-order valence-electron chi connectivity index (χ3n) is 6.20. The second-order valence-electron chi connectivity index (χ2n) is 8.11. The number of ether oxygens (including phenoxy) is 2. The third-order valence-corrected chi connectivity index (χ3v) is 6.56. The molecule has 1 aromatic carbocycles. The first kappa shape index (κ1) is 21.6. The minimum absolute atomic E-state index is 0.278. The van der Waals surface area contributed by atoms with Crippen LogP contribution in [-0.4, -0.2) is 42.0 Å². The maximum atomic E-state index is 6.35. The molecule has 5 rings (SSSR count). The highest BCUT2D eigenvalue weighted by atomic mass is 35.5. The van der Waals surface area contributed by atoms with Gasteiger partial charge in [0.2, 0.25) is 5.75 Å². The number of pyridine rings is 1. The van der Waals surface area contributed by atoms with Gasteiger partial charge in [0.15, 0.2) is 11.4 Å². The number of piperidine rings is 1. The Morgan fingerprint density at radius 1 is 1.21 bits per heavy atom. The molecule has 0 saturated carbocycles. The number of hydrogen-bond acceptors (Lipinski definition) is 7. The summed E-state index contributed by atoms with van der Waals surface area (Å²) in [6, 6.07) is 5.56. The van der Waals surface area contributed by atoms with Crippen LogP contribution in [0.2, 0.25) is 5.02 Å². The number of nitrogen functional groups attached to an aromatic ring is 1. The van der Waals surface area contributed by atoms with Gasteiger partial charge in [-0.3, -0.25) is 5.10 Å². The van der Waals surface area contributed by atoms with Crippen LogP contribution in [0.4, 0.5) is 5.82 Å². The van der Waals surface area contributed by atoms with Gasteiger partial charge in [0.05, 0.1) is 25.3 Å². The van der Waals surface area contributed by atoms with Crippen molar-refractivity contribution in [3.05, 3.63) is 53.1 Å². The molecule has 1 aliphatic heterocycles. The summed E-state index contributed by atoms with van der Waals surface area (Å²) in [5, 5.41) is 12.4. The normalized spacial score (nSPS) is 14.6. The van der Waals surface area contributed by atoms with Crippen molar-refractivity contribution in [2.24, 2.45) is 0 Å². The first-order valence-electron chi connectivity index (χ1n) is 11.0. The highest BCUT2D eigenvalue weighted by molar-refractivity contribution is 6.31. The number of anilines is 1. The second-order valence-corrected chi connectivity index (χ2v) is 8.51. The van der Waals surface area contributed by atoms with Crippen molar-refractivity contribution in [1.82, 2.24) is 20.5 Å². The molecule has 1 saturated heterocycles. The molecule has 1 aliphatic rings. The van der Waals surface area contributed by atoms with Gasteiger partial charge in [-0.2, -0.15) is 5.10 Å². The number of rotatable bonds is 7. The summed E-state index contributed by atoms with van der Waals surface area (Å²) in [4.78, 5) is 4.37. The molecule has 0 amide bonds. The predicted molar refractivity (Wildman–Crippen MR) is 128 cm³/mol.